The SMILES string of the molecule is O=c1[nH]nc(SCc2nc(-c3cccs3)no2)n1C[C@H]1CCCO1. The van der Waals surface area contributed by atoms with Crippen LogP contribution in [0.2, 0.25) is 0 Å². The van der Waals surface area contributed by atoms with E-state index in [0.29, 0.717) is 29.2 Å². The normalized spacial score (nSPS) is 17.6. The summed E-state index contributed by atoms with van der Waals surface area (Å²) in [6, 6.07) is 3.89. The van der Waals surface area contributed by atoms with Crippen molar-refractivity contribution in [2.24, 2.45) is 0 Å². The van der Waals surface area contributed by atoms with Gasteiger partial charge in [-0.1, -0.05) is 23.0 Å². The number of rotatable bonds is 6. The molecule has 0 spiro atoms. The van der Waals surface area contributed by atoms with Crippen LogP contribution in [0.5, 0.6) is 0 Å². The number of ether oxygens (including phenoxy) is 1. The Hall–Kier alpha value is -1.91. The molecule has 1 saturated heterocycles. The van der Waals surface area contributed by atoms with E-state index in [1.165, 1.54) is 11.8 Å². The zero-order valence-corrected chi connectivity index (χ0v) is 14.3. The third-order valence-corrected chi connectivity index (χ3v) is 5.49. The summed E-state index contributed by atoms with van der Waals surface area (Å²) in [7, 11) is 0. The molecule has 0 aliphatic carbocycles. The molecule has 0 unspecified atom stereocenters. The predicted octanol–water partition coefficient (Wildman–Crippen LogP) is 2.15. The van der Waals surface area contributed by atoms with Gasteiger partial charge in [-0.25, -0.2) is 9.89 Å². The lowest BCUT2D eigenvalue weighted by Gasteiger charge is -2.10. The molecule has 10 heteroatoms. The van der Waals surface area contributed by atoms with E-state index in [4.69, 9.17) is 9.26 Å². The molecular weight excluding hydrogens is 350 g/mol. The minimum absolute atomic E-state index is 0.0773. The van der Waals surface area contributed by atoms with Crippen molar-refractivity contribution >= 4 is 23.1 Å². The lowest BCUT2D eigenvalue weighted by atomic mass is 10.2. The van der Waals surface area contributed by atoms with Gasteiger partial charge in [0.25, 0.3) is 0 Å². The van der Waals surface area contributed by atoms with E-state index in [1.807, 2.05) is 17.5 Å². The van der Waals surface area contributed by atoms with Crippen LogP contribution in [0.3, 0.4) is 0 Å². The molecule has 1 aliphatic rings. The van der Waals surface area contributed by atoms with Gasteiger partial charge in [0.05, 0.1) is 23.3 Å². The highest BCUT2D eigenvalue weighted by molar-refractivity contribution is 7.98. The molecule has 0 aromatic carbocycles. The molecule has 126 valence electrons. The molecule has 8 nitrogen and oxygen atoms in total. The average molecular weight is 365 g/mol. The molecule has 3 aromatic rings. The number of H-pyrrole nitrogens is 1. The van der Waals surface area contributed by atoms with Crippen LogP contribution >= 0.6 is 23.1 Å². The molecule has 0 saturated carbocycles. The van der Waals surface area contributed by atoms with E-state index in [9.17, 15) is 4.79 Å². The maximum Gasteiger partial charge on any atom is 0.344 e. The van der Waals surface area contributed by atoms with Crippen LogP contribution in [0, 0.1) is 0 Å². The quantitative estimate of drug-likeness (QED) is 0.668. The van der Waals surface area contributed by atoms with E-state index in [0.717, 1.165) is 24.3 Å². The van der Waals surface area contributed by atoms with Gasteiger partial charge in [0.1, 0.15) is 0 Å². The average Bonchev–Trinajstić information content (AvgIpc) is 3.36. The van der Waals surface area contributed by atoms with Crippen LogP contribution in [0.15, 0.2) is 32.0 Å². The number of hydrogen-bond acceptors (Lipinski definition) is 8. The number of thioether (sulfide) groups is 1. The highest BCUT2D eigenvalue weighted by atomic mass is 32.2. The highest BCUT2D eigenvalue weighted by Gasteiger charge is 2.20. The molecule has 24 heavy (non-hydrogen) atoms. The maximum atomic E-state index is 11.9. The first-order chi connectivity index (χ1) is 11.8. The second-order valence-corrected chi connectivity index (χ2v) is 7.22. The van der Waals surface area contributed by atoms with Crippen molar-refractivity contribution in [3.8, 4) is 10.7 Å². The summed E-state index contributed by atoms with van der Waals surface area (Å²) in [5.41, 5.74) is -0.224. The molecule has 3 aromatic heterocycles. The number of aromatic nitrogens is 5. The Bertz CT molecular complexity index is 848. The minimum atomic E-state index is -0.224. The molecule has 0 bridgehead atoms. The Morgan fingerprint density at radius 2 is 2.46 bits per heavy atom. The summed E-state index contributed by atoms with van der Waals surface area (Å²) in [6.45, 7) is 1.27. The van der Waals surface area contributed by atoms with Crippen molar-refractivity contribution in [3.63, 3.8) is 0 Å². The number of hydrogen-bond donors (Lipinski definition) is 1. The summed E-state index contributed by atoms with van der Waals surface area (Å²) in [4.78, 5) is 17.3. The molecule has 1 N–H and O–H groups in total. The number of aromatic amines is 1. The molecule has 0 amide bonds. The van der Waals surface area contributed by atoms with Gasteiger partial charge in [0, 0.05) is 6.61 Å². The molecule has 4 rings (SSSR count). The van der Waals surface area contributed by atoms with Gasteiger partial charge >= 0.3 is 5.69 Å². The molecule has 1 atom stereocenters. The van der Waals surface area contributed by atoms with Gasteiger partial charge in [0.15, 0.2) is 5.16 Å². The fourth-order valence-corrected chi connectivity index (χ4v) is 3.95. The summed E-state index contributed by atoms with van der Waals surface area (Å²) >= 11 is 2.95. The first-order valence-electron chi connectivity index (χ1n) is 7.55. The molecule has 1 fully saturated rings. The number of thiophene rings is 1. The van der Waals surface area contributed by atoms with Crippen molar-refractivity contribution in [2.45, 2.75) is 36.4 Å². The lowest BCUT2D eigenvalue weighted by Crippen LogP contribution is -2.24. The van der Waals surface area contributed by atoms with Crippen molar-refractivity contribution < 1.29 is 9.26 Å². The molecule has 1 aliphatic heterocycles. The van der Waals surface area contributed by atoms with Gasteiger partial charge in [-0.2, -0.15) is 4.98 Å². The summed E-state index contributed by atoms with van der Waals surface area (Å²) < 4.78 is 12.5. The van der Waals surface area contributed by atoms with Crippen molar-refractivity contribution in [3.05, 3.63) is 33.9 Å². The summed E-state index contributed by atoms with van der Waals surface area (Å²) in [5.74, 6) is 1.54. The zero-order valence-electron chi connectivity index (χ0n) is 12.7. The topological polar surface area (TPSA) is 98.8 Å². The van der Waals surface area contributed by atoms with E-state index in [1.54, 1.807) is 15.9 Å². The third kappa shape index (κ3) is 3.30. The fraction of sp³-hybridized carbons (Fsp3) is 0.429. The Morgan fingerprint density at radius 1 is 1.50 bits per heavy atom. The van der Waals surface area contributed by atoms with Gasteiger partial charge in [-0.05, 0) is 24.3 Å². The second kappa shape index (κ2) is 6.91. The Labute approximate surface area is 145 Å². The van der Waals surface area contributed by atoms with E-state index in [2.05, 4.69) is 20.3 Å². The van der Waals surface area contributed by atoms with Crippen LogP contribution in [0.1, 0.15) is 18.7 Å². The highest BCUT2D eigenvalue weighted by Crippen LogP contribution is 2.24. The van der Waals surface area contributed by atoms with Crippen LogP contribution in [-0.2, 0) is 17.0 Å². The van der Waals surface area contributed by atoms with Crippen molar-refractivity contribution in [2.75, 3.05) is 6.61 Å². The second-order valence-electron chi connectivity index (χ2n) is 5.33. The summed E-state index contributed by atoms with van der Waals surface area (Å²) in [6.07, 6.45) is 2.08. The lowest BCUT2D eigenvalue weighted by molar-refractivity contribution is 0.0941. The summed E-state index contributed by atoms with van der Waals surface area (Å²) in [5, 5.41) is 13.1. The standard InChI is InChI=1S/C14H15N5O3S2/c20-13-16-17-14(19(13)7-9-3-1-5-21-9)24-8-11-15-12(18-22-11)10-4-2-6-23-10/h2,4,6,9H,1,3,5,7-8H2,(H,16,20)/t9-/m1/s1. The van der Waals surface area contributed by atoms with E-state index in [-0.39, 0.29) is 11.8 Å². The van der Waals surface area contributed by atoms with Gasteiger partial charge < -0.3 is 9.26 Å². The Balaban J connectivity index is 1.43. The molecule has 0 radical (unpaired) electrons. The monoisotopic (exact) mass is 365 g/mol. The minimum Gasteiger partial charge on any atom is -0.376 e. The fourth-order valence-electron chi connectivity index (χ4n) is 2.51. The van der Waals surface area contributed by atoms with Crippen molar-refractivity contribution in [1.29, 1.82) is 0 Å². The predicted molar refractivity (Wildman–Crippen MR) is 89.0 cm³/mol. The van der Waals surface area contributed by atoms with Crippen LogP contribution in [0.25, 0.3) is 10.7 Å². The van der Waals surface area contributed by atoms with Crippen LogP contribution in [-0.4, -0.2) is 37.6 Å². The zero-order chi connectivity index (χ0) is 16.4. The first kappa shape index (κ1) is 15.6. The Morgan fingerprint density at radius 3 is 3.25 bits per heavy atom. The van der Waals surface area contributed by atoms with Crippen LogP contribution < -0.4 is 5.69 Å². The number of nitrogens with zero attached hydrogens (tertiary/aromatic N) is 4. The van der Waals surface area contributed by atoms with Gasteiger partial charge in [-0.3, -0.25) is 4.57 Å². The number of nitrogens with one attached hydrogen (secondary N) is 1. The van der Waals surface area contributed by atoms with Crippen molar-refractivity contribution in [1.82, 2.24) is 24.9 Å². The maximum absolute atomic E-state index is 11.9. The molecular formula is C14H15N5O3S2. The van der Waals surface area contributed by atoms with E-state index < -0.39 is 0 Å². The molecule has 4 heterocycles. The van der Waals surface area contributed by atoms with E-state index >= 15 is 0 Å². The first-order valence-corrected chi connectivity index (χ1v) is 9.42. The Kier molecular flexibility index (Phi) is 4.50. The largest absolute Gasteiger partial charge is 0.376 e. The van der Waals surface area contributed by atoms with Crippen LogP contribution in [0.4, 0.5) is 0 Å². The smallest absolute Gasteiger partial charge is 0.344 e. The third-order valence-electron chi connectivity index (χ3n) is 3.67. The van der Waals surface area contributed by atoms with Gasteiger partial charge in [-0.15, -0.1) is 16.4 Å². The van der Waals surface area contributed by atoms with Gasteiger partial charge in [0.2, 0.25) is 11.7 Å².